The van der Waals surface area contributed by atoms with Crippen LogP contribution in [0, 0.1) is 0 Å². The zero-order chi connectivity index (χ0) is 19.9. The van der Waals surface area contributed by atoms with Gasteiger partial charge in [-0.2, -0.15) is 0 Å². The predicted octanol–water partition coefficient (Wildman–Crippen LogP) is 3.49. The molecule has 2 fully saturated rings. The van der Waals surface area contributed by atoms with E-state index in [1.807, 2.05) is 6.20 Å². The van der Waals surface area contributed by atoms with Crippen LogP contribution in [0.15, 0.2) is 35.5 Å². The van der Waals surface area contributed by atoms with E-state index in [0.717, 1.165) is 57.6 Å². The van der Waals surface area contributed by atoms with Gasteiger partial charge in [-0.05, 0) is 43.9 Å². The van der Waals surface area contributed by atoms with Crippen molar-refractivity contribution in [3.63, 3.8) is 0 Å². The summed E-state index contributed by atoms with van der Waals surface area (Å²) in [6.45, 7) is 10.4. The third-order valence-corrected chi connectivity index (χ3v) is 6.31. The number of nitrogens with zero attached hydrogens (tertiary/aromatic N) is 5. The number of aromatic nitrogens is 1. The van der Waals surface area contributed by atoms with Gasteiger partial charge in [-0.3, -0.25) is 4.90 Å². The van der Waals surface area contributed by atoms with Crippen LogP contribution in [0.4, 0.5) is 5.82 Å². The molecule has 1 N–H and O–H groups in total. The highest BCUT2D eigenvalue weighted by Crippen LogP contribution is 2.20. The second-order valence-electron chi connectivity index (χ2n) is 8.41. The Labute approximate surface area is 198 Å². The monoisotopic (exact) mass is 524 g/mol. The van der Waals surface area contributed by atoms with Crippen molar-refractivity contribution in [2.75, 3.05) is 50.7 Å². The molecule has 3 aliphatic rings. The van der Waals surface area contributed by atoms with E-state index >= 15 is 0 Å². The summed E-state index contributed by atoms with van der Waals surface area (Å²) in [5.74, 6) is 2.17. The Bertz CT molecular complexity index is 705. The number of halogens is 1. The van der Waals surface area contributed by atoms with Gasteiger partial charge >= 0.3 is 0 Å². The van der Waals surface area contributed by atoms with Crippen LogP contribution in [0.2, 0.25) is 0 Å². The molecule has 3 aliphatic heterocycles. The molecular weight excluding hydrogens is 487 g/mol. The van der Waals surface area contributed by atoms with Gasteiger partial charge < -0.3 is 15.1 Å². The normalized spacial score (nSPS) is 22.8. The Morgan fingerprint density at radius 1 is 1.13 bits per heavy atom. The molecular formula is C23H37IN6. The van der Waals surface area contributed by atoms with Crippen molar-refractivity contribution in [2.24, 2.45) is 4.99 Å². The molecule has 2 saturated heterocycles. The van der Waals surface area contributed by atoms with Crippen LogP contribution in [0.25, 0.3) is 0 Å². The van der Waals surface area contributed by atoms with Gasteiger partial charge in [-0.15, -0.1) is 24.0 Å². The molecule has 6 nitrogen and oxygen atoms in total. The fourth-order valence-electron chi connectivity index (χ4n) is 4.65. The zero-order valence-electron chi connectivity index (χ0n) is 18.3. The summed E-state index contributed by atoms with van der Waals surface area (Å²) >= 11 is 0. The lowest BCUT2D eigenvalue weighted by Gasteiger charge is -2.25. The van der Waals surface area contributed by atoms with E-state index in [2.05, 4.69) is 56.2 Å². The first kappa shape index (κ1) is 23.3. The molecule has 1 aromatic heterocycles. The van der Waals surface area contributed by atoms with Crippen molar-refractivity contribution in [2.45, 2.75) is 51.6 Å². The van der Waals surface area contributed by atoms with Crippen LogP contribution >= 0.6 is 24.0 Å². The van der Waals surface area contributed by atoms with Crippen LogP contribution in [0.3, 0.4) is 0 Å². The maximum Gasteiger partial charge on any atom is 0.194 e. The zero-order valence-corrected chi connectivity index (χ0v) is 20.6. The van der Waals surface area contributed by atoms with Crippen LogP contribution in [-0.2, 0) is 6.54 Å². The third kappa shape index (κ3) is 6.09. The maximum atomic E-state index is 4.98. The first-order chi connectivity index (χ1) is 14.3. The highest BCUT2D eigenvalue weighted by Gasteiger charge is 2.29. The van der Waals surface area contributed by atoms with Crippen molar-refractivity contribution in [1.29, 1.82) is 0 Å². The first-order valence-electron chi connectivity index (χ1n) is 11.5. The van der Waals surface area contributed by atoms with E-state index < -0.39 is 0 Å². The Morgan fingerprint density at radius 2 is 1.90 bits per heavy atom. The van der Waals surface area contributed by atoms with Gasteiger partial charge in [0.05, 0.1) is 6.54 Å². The third-order valence-electron chi connectivity index (χ3n) is 6.31. The molecule has 0 amide bonds. The van der Waals surface area contributed by atoms with Gasteiger partial charge in [-0.1, -0.05) is 25.0 Å². The highest BCUT2D eigenvalue weighted by atomic mass is 127. The van der Waals surface area contributed by atoms with E-state index in [9.17, 15) is 0 Å². The molecule has 7 heteroatoms. The molecule has 1 aromatic rings. The Kier molecular flexibility index (Phi) is 9.24. The maximum absolute atomic E-state index is 4.98. The minimum Gasteiger partial charge on any atom is -0.357 e. The summed E-state index contributed by atoms with van der Waals surface area (Å²) in [5.41, 5.74) is 1.24. The summed E-state index contributed by atoms with van der Waals surface area (Å²) in [4.78, 5) is 17.1. The lowest BCUT2D eigenvalue weighted by Crippen LogP contribution is -2.42. The predicted molar refractivity (Wildman–Crippen MR) is 136 cm³/mol. The molecule has 0 radical (unpaired) electrons. The summed E-state index contributed by atoms with van der Waals surface area (Å²) in [6.07, 6.45) is 13.0. The lowest BCUT2D eigenvalue weighted by molar-refractivity contribution is 0.259. The molecule has 0 spiro atoms. The molecule has 0 aliphatic carbocycles. The summed E-state index contributed by atoms with van der Waals surface area (Å²) in [7, 11) is 0. The van der Waals surface area contributed by atoms with Crippen LogP contribution in [-0.4, -0.2) is 72.6 Å². The number of guanidine groups is 1. The largest absolute Gasteiger partial charge is 0.357 e. The molecule has 0 saturated carbocycles. The van der Waals surface area contributed by atoms with Gasteiger partial charge in [-0.25, -0.2) is 9.98 Å². The van der Waals surface area contributed by atoms with Crippen LogP contribution < -0.4 is 10.2 Å². The smallest absolute Gasteiger partial charge is 0.194 e. The number of nitrogens with one attached hydrogen (secondary N) is 1. The Balaban J connectivity index is 0.00000256. The first-order valence-corrected chi connectivity index (χ1v) is 11.5. The van der Waals surface area contributed by atoms with E-state index in [0.29, 0.717) is 12.6 Å². The molecule has 166 valence electrons. The number of pyridine rings is 1. The van der Waals surface area contributed by atoms with E-state index in [1.165, 1.54) is 37.7 Å². The quantitative estimate of drug-likeness (QED) is 0.277. The van der Waals surface area contributed by atoms with Crippen molar-refractivity contribution >= 4 is 35.8 Å². The summed E-state index contributed by atoms with van der Waals surface area (Å²) in [5, 5.41) is 3.51. The molecule has 4 heterocycles. The van der Waals surface area contributed by atoms with Gasteiger partial charge in [0, 0.05) is 58.1 Å². The van der Waals surface area contributed by atoms with Crippen molar-refractivity contribution in [1.82, 2.24) is 20.1 Å². The van der Waals surface area contributed by atoms with E-state index in [1.54, 1.807) is 0 Å². The van der Waals surface area contributed by atoms with E-state index in [-0.39, 0.29) is 24.0 Å². The fourth-order valence-corrected chi connectivity index (χ4v) is 4.65. The topological polar surface area (TPSA) is 47.0 Å². The lowest BCUT2D eigenvalue weighted by atomic mass is 10.2. The molecule has 0 bridgehead atoms. The van der Waals surface area contributed by atoms with Gasteiger partial charge in [0.1, 0.15) is 5.82 Å². The van der Waals surface area contributed by atoms with Gasteiger partial charge in [0.2, 0.25) is 0 Å². The molecule has 1 atom stereocenters. The number of aliphatic imine (C=N–C) groups is 1. The second-order valence-corrected chi connectivity index (χ2v) is 8.41. The van der Waals surface area contributed by atoms with Gasteiger partial charge in [0.25, 0.3) is 0 Å². The second kappa shape index (κ2) is 11.9. The standard InChI is InChI=1S/C23H36N6.HI/c1-2-24-23(29-16-10-21(19-29)27-12-7-8-13-27)26-18-20-9-11-25-22(17-20)28-14-5-3-4-6-15-28;/h7-9,11,17,21H,2-6,10,12-16,18-19H2,1H3,(H,24,26);1H. The average Bonchev–Trinajstić information content (AvgIpc) is 3.38. The number of hydrogen-bond donors (Lipinski definition) is 1. The molecule has 4 rings (SSSR count). The van der Waals surface area contributed by atoms with Crippen molar-refractivity contribution in [3.8, 4) is 0 Å². The fraction of sp³-hybridized carbons (Fsp3) is 0.652. The highest BCUT2D eigenvalue weighted by molar-refractivity contribution is 14.0. The van der Waals surface area contributed by atoms with E-state index in [4.69, 9.17) is 4.99 Å². The summed E-state index contributed by atoms with van der Waals surface area (Å²) in [6, 6.07) is 4.99. The Morgan fingerprint density at radius 3 is 2.63 bits per heavy atom. The van der Waals surface area contributed by atoms with Crippen LogP contribution in [0.1, 0.15) is 44.6 Å². The number of anilines is 1. The molecule has 0 aromatic carbocycles. The SMILES string of the molecule is CCNC(=NCc1ccnc(N2CCCCCC2)c1)N1CCC(N2CC=CC2)C1.I. The Hall–Kier alpha value is -1.35. The molecule has 1 unspecified atom stereocenters. The number of rotatable bonds is 5. The minimum atomic E-state index is 0. The van der Waals surface area contributed by atoms with Crippen molar-refractivity contribution < 1.29 is 0 Å². The number of likely N-dealkylation sites (tertiary alicyclic amines) is 1. The van der Waals surface area contributed by atoms with Crippen molar-refractivity contribution in [3.05, 3.63) is 36.0 Å². The van der Waals surface area contributed by atoms with Crippen LogP contribution in [0.5, 0.6) is 0 Å². The summed E-state index contributed by atoms with van der Waals surface area (Å²) < 4.78 is 0. The molecule has 30 heavy (non-hydrogen) atoms. The number of hydrogen-bond acceptors (Lipinski definition) is 4. The van der Waals surface area contributed by atoms with Gasteiger partial charge in [0.15, 0.2) is 5.96 Å². The average molecular weight is 524 g/mol. The minimum absolute atomic E-state index is 0.